The Hall–Kier alpha value is -3.19. The van der Waals surface area contributed by atoms with Crippen LogP contribution >= 0.6 is 11.6 Å². The molecule has 0 saturated carbocycles. The number of imidazole rings is 1. The summed E-state index contributed by atoms with van der Waals surface area (Å²) in [4.78, 5) is 29.1. The quantitative estimate of drug-likeness (QED) is 0.602. The molecule has 6 nitrogen and oxygen atoms in total. The van der Waals surface area contributed by atoms with Crippen molar-refractivity contribution in [2.45, 2.75) is 26.4 Å². The van der Waals surface area contributed by atoms with E-state index in [0.29, 0.717) is 21.8 Å². The number of rotatable bonds is 7. The van der Waals surface area contributed by atoms with Crippen molar-refractivity contribution >= 4 is 23.4 Å². The molecule has 0 aliphatic heterocycles. The molecule has 0 unspecified atom stereocenters. The molecule has 0 aliphatic carbocycles. The van der Waals surface area contributed by atoms with Gasteiger partial charge in [0.2, 0.25) is 5.91 Å². The Morgan fingerprint density at radius 2 is 1.97 bits per heavy atom. The van der Waals surface area contributed by atoms with Crippen molar-refractivity contribution in [1.82, 2.24) is 20.2 Å². The Morgan fingerprint density at radius 3 is 2.60 bits per heavy atom. The lowest BCUT2D eigenvalue weighted by Crippen LogP contribution is -2.49. The molecule has 0 bridgehead atoms. The predicted molar refractivity (Wildman–Crippen MR) is 113 cm³/mol. The average molecular weight is 429 g/mol. The minimum absolute atomic E-state index is 0.130. The van der Waals surface area contributed by atoms with Gasteiger partial charge in [-0.2, -0.15) is 0 Å². The highest BCUT2D eigenvalue weighted by atomic mass is 35.5. The molecule has 0 radical (unpaired) electrons. The molecule has 2 aromatic carbocycles. The van der Waals surface area contributed by atoms with Gasteiger partial charge in [0.15, 0.2) is 0 Å². The zero-order valence-corrected chi connectivity index (χ0v) is 17.4. The van der Waals surface area contributed by atoms with Crippen LogP contribution in [-0.4, -0.2) is 27.4 Å². The summed E-state index contributed by atoms with van der Waals surface area (Å²) in [6.07, 6.45) is 4.72. The Kier molecular flexibility index (Phi) is 6.84. The van der Waals surface area contributed by atoms with Crippen molar-refractivity contribution in [3.8, 4) is 5.69 Å². The molecular weight excluding hydrogens is 407 g/mol. The van der Waals surface area contributed by atoms with Gasteiger partial charge in [0.25, 0.3) is 5.91 Å². The van der Waals surface area contributed by atoms with Gasteiger partial charge in [-0.1, -0.05) is 43.6 Å². The molecule has 2 N–H and O–H groups in total. The van der Waals surface area contributed by atoms with Crippen LogP contribution in [0, 0.1) is 11.7 Å². The molecule has 156 valence electrons. The van der Waals surface area contributed by atoms with Crippen LogP contribution in [0.1, 0.15) is 29.8 Å². The van der Waals surface area contributed by atoms with E-state index in [1.807, 2.05) is 13.8 Å². The summed E-state index contributed by atoms with van der Waals surface area (Å²) in [6.45, 7) is 3.79. The van der Waals surface area contributed by atoms with Gasteiger partial charge in [-0.3, -0.25) is 9.59 Å². The van der Waals surface area contributed by atoms with E-state index in [2.05, 4.69) is 15.6 Å². The Labute approximate surface area is 179 Å². The first-order chi connectivity index (χ1) is 14.4. The van der Waals surface area contributed by atoms with E-state index < -0.39 is 17.8 Å². The van der Waals surface area contributed by atoms with Gasteiger partial charge in [0, 0.05) is 18.9 Å². The normalized spacial score (nSPS) is 11.9. The van der Waals surface area contributed by atoms with Gasteiger partial charge in [0.05, 0.1) is 22.6 Å². The minimum atomic E-state index is -0.760. The van der Waals surface area contributed by atoms with Gasteiger partial charge >= 0.3 is 0 Å². The second-order valence-corrected chi connectivity index (χ2v) is 7.56. The molecule has 8 heteroatoms. The maximum atomic E-state index is 14.4. The number of hydrogen-bond donors (Lipinski definition) is 2. The largest absolute Gasteiger partial charge is 0.350 e. The lowest BCUT2D eigenvalue weighted by Gasteiger charge is -2.22. The summed E-state index contributed by atoms with van der Waals surface area (Å²) in [6, 6.07) is 10.6. The van der Waals surface area contributed by atoms with E-state index in [1.54, 1.807) is 53.4 Å². The average Bonchev–Trinajstić information content (AvgIpc) is 3.24. The number of amides is 2. The second kappa shape index (κ2) is 9.54. The number of hydrogen-bond acceptors (Lipinski definition) is 3. The zero-order valence-electron chi connectivity index (χ0n) is 16.6. The van der Waals surface area contributed by atoms with Gasteiger partial charge in [-0.15, -0.1) is 0 Å². The van der Waals surface area contributed by atoms with E-state index in [4.69, 9.17) is 11.6 Å². The molecule has 1 aromatic heterocycles. The van der Waals surface area contributed by atoms with Crippen LogP contribution in [0.2, 0.25) is 5.02 Å². The Morgan fingerprint density at radius 1 is 1.20 bits per heavy atom. The van der Waals surface area contributed by atoms with Gasteiger partial charge in [-0.05, 0) is 35.7 Å². The van der Waals surface area contributed by atoms with Gasteiger partial charge < -0.3 is 15.2 Å². The minimum Gasteiger partial charge on any atom is -0.350 e. The lowest BCUT2D eigenvalue weighted by molar-refractivity contribution is -0.124. The number of benzene rings is 2. The topological polar surface area (TPSA) is 76.0 Å². The van der Waals surface area contributed by atoms with E-state index >= 15 is 0 Å². The highest BCUT2D eigenvalue weighted by Crippen LogP contribution is 2.17. The molecule has 1 heterocycles. The number of nitrogens with zero attached hydrogens (tertiary/aromatic N) is 2. The SMILES string of the molecule is CC(C)[C@@H](NC(=O)c1ccccc1Cl)C(=O)NCc1ccc(-n2ccnc2)c(F)c1. The van der Waals surface area contributed by atoms with Crippen molar-refractivity contribution in [3.05, 3.63) is 83.2 Å². The first kappa shape index (κ1) is 21.5. The summed E-state index contributed by atoms with van der Waals surface area (Å²) in [5, 5.41) is 5.80. The highest BCUT2D eigenvalue weighted by molar-refractivity contribution is 6.33. The Balaban J connectivity index is 1.65. The molecule has 3 rings (SSSR count). The van der Waals surface area contributed by atoms with Crippen LogP contribution in [0.3, 0.4) is 0 Å². The van der Waals surface area contributed by atoms with Gasteiger partial charge in [-0.25, -0.2) is 9.37 Å². The van der Waals surface area contributed by atoms with Crippen molar-refractivity contribution in [3.63, 3.8) is 0 Å². The maximum Gasteiger partial charge on any atom is 0.253 e. The number of halogens is 2. The van der Waals surface area contributed by atoms with Crippen LogP contribution < -0.4 is 10.6 Å². The number of carbonyl (C=O) groups excluding carboxylic acids is 2. The molecule has 2 amide bonds. The standard InChI is InChI=1S/C22H22ClFN4O2/c1-14(2)20(27-21(29)16-5-3-4-6-17(16)23)22(30)26-12-15-7-8-19(18(24)11-15)28-10-9-25-13-28/h3-11,13-14,20H,12H2,1-2H3,(H,26,30)(H,27,29)/t20-/m1/s1. The smallest absolute Gasteiger partial charge is 0.253 e. The van der Waals surface area contributed by atoms with Gasteiger partial charge in [0.1, 0.15) is 11.9 Å². The van der Waals surface area contributed by atoms with Crippen molar-refractivity contribution < 1.29 is 14.0 Å². The molecular formula is C22H22ClFN4O2. The molecule has 0 spiro atoms. The summed E-state index contributed by atoms with van der Waals surface area (Å²) < 4.78 is 16.0. The fraction of sp³-hybridized carbons (Fsp3) is 0.227. The van der Waals surface area contributed by atoms with E-state index in [9.17, 15) is 14.0 Å². The molecule has 1 atom stereocenters. The molecule has 0 fully saturated rings. The van der Waals surface area contributed by atoms with E-state index in [1.165, 1.54) is 12.4 Å². The van der Waals surface area contributed by atoms with E-state index in [0.717, 1.165) is 0 Å². The fourth-order valence-corrected chi connectivity index (χ4v) is 3.19. The van der Waals surface area contributed by atoms with Crippen LogP contribution in [0.15, 0.2) is 61.2 Å². The third-order valence-electron chi connectivity index (χ3n) is 4.62. The summed E-state index contributed by atoms with van der Waals surface area (Å²) in [5.41, 5.74) is 1.27. The van der Waals surface area contributed by atoms with Crippen molar-refractivity contribution in [2.24, 2.45) is 5.92 Å². The van der Waals surface area contributed by atoms with Crippen molar-refractivity contribution in [1.29, 1.82) is 0 Å². The van der Waals surface area contributed by atoms with Crippen LogP contribution in [0.4, 0.5) is 4.39 Å². The third kappa shape index (κ3) is 5.04. The zero-order chi connectivity index (χ0) is 21.7. The second-order valence-electron chi connectivity index (χ2n) is 7.15. The molecule has 3 aromatic rings. The summed E-state index contributed by atoms with van der Waals surface area (Å²) >= 11 is 6.06. The molecule has 30 heavy (non-hydrogen) atoms. The summed E-state index contributed by atoms with van der Waals surface area (Å²) in [5.74, 6) is -1.36. The fourth-order valence-electron chi connectivity index (χ4n) is 2.97. The molecule has 0 aliphatic rings. The first-order valence-electron chi connectivity index (χ1n) is 9.46. The summed E-state index contributed by atoms with van der Waals surface area (Å²) in [7, 11) is 0. The molecule has 0 saturated heterocycles. The van der Waals surface area contributed by atoms with Crippen LogP contribution in [-0.2, 0) is 11.3 Å². The first-order valence-corrected chi connectivity index (χ1v) is 9.84. The number of nitrogens with one attached hydrogen (secondary N) is 2. The van der Waals surface area contributed by atoms with E-state index in [-0.39, 0.29) is 18.4 Å². The highest BCUT2D eigenvalue weighted by Gasteiger charge is 2.25. The number of aromatic nitrogens is 2. The predicted octanol–water partition coefficient (Wildman–Crippen LogP) is 3.74. The Bertz CT molecular complexity index is 1040. The monoisotopic (exact) mass is 428 g/mol. The van der Waals surface area contributed by atoms with Crippen LogP contribution in [0.5, 0.6) is 0 Å². The number of carbonyl (C=O) groups is 2. The van der Waals surface area contributed by atoms with Crippen molar-refractivity contribution in [2.75, 3.05) is 0 Å². The van der Waals surface area contributed by atoms with Crippen LogP contribution in [0.25, 0.3) is 5.69 Å². The lowest BCUT2D eigenvalue weighted by atomic mass is 10.0. The third-order valence-corrected chi connectivity index (χ3v) is 4.95. The maximum absolute atomic E-state index is 14.4.